The molecule has 0 aromatic carbocycles. The summed E-state index contributed by atoms with van der Waals surface area (Å²) in [5, 5.41) is 8.01. The van der Waals surface area contributed by atoms with Gasteiger partial charge in [-0.1, -0.05) is 0 Å². The molecule has 0 amide bonds. The standard InChI is InChI=1S/C8H13NO3S/c9-4-1-7-13(10,11)8-2-5-12-6-3-8/h8H,1-3,5-7H2. The predicted octanol–water partition coefficient (Wildman–Crippen LogP) is 0.494. The molecule has 1 heterocycles. The third-order valence-corrected chi connectivity index (χ3v) is 4.43. The number of nitriles is 1. The maximum Gasteiger partial charge on any atom is 0.154 e. The van der Waals surface area contributed by atoms with Crippen LogP contribution in [-0.4, -0.2) is 32.6 Å². The van der Waals surface area contributed by atoms with Crippen molar-refractivity contribution in [3.8, 4) is 6.07 Å². The lowest BCUT2D eigenvalue weighted by molar-refractivity contribution is 0.0984. The lowest BCUT2D eigenvalue weighted by Crippen LogP contribution is -2.30. The number of nitrogens with zero attached hydrogens (tertiary/aromatic N) is 1. The van der Waals surface area contributed by atoms with E-state index in [1.54, 1.807) is 0 Å². The molecule has 0 bridgehead atoms. The zero-order valence-electron chi connectivity index (χ0n) is 7.40. The van der Waals surface area contributed by atoms with E-state index in [9.17, 15) is 8.42 Å². The molecular formula is C8H13NO3S. The minimum Gasteiger partial charge on any atom is -0.381 e. The topological polar surface area (TPSA) is 67.2 Å². The first-order valence-corrected chi connectivity index (χ1v) is 6.04. The van der Waals surface area contributed by atoms with Crippen molar-refractivity contribution in [2.24, 2.45) is 0 Å². The van der Waals surface area contributed by atoms with Crippen molar-refractivity contribution in [2.45, 2.75) is 24.5 Å². The monoisotopic (exact) mass is 203 g/mol. The Balaban J connectivity index is 2.53. The van der Waals surface area contributed by atoms with E-state index >= 15 is 0 Å². The zero-order valence-corrected chi connectivity index (χ0v) is 8.22. The van der Waals surface area contributed by atoms with Crippen LogP contribution in [0.3, 0.4) is 0 Å². The molecule has 0 N–H and O–H groups in total. The third-order valence-electron chi connectivity index (χ3n) is 2.17. The van der Waals surface area contributed by atoms with Crippen LogP contribution < -0.4 is 0 Å². The van der Waals surface area contributed by atoms with E-state index in [1.165, 1.54) is 0 Å². The van der Waals surface area contributed by atoms with Crippen molar-refractivity contribution >= 4 is 9.84 Å². The Bertz CT molecular complexity index is 285. The molecule has 0 radical (unpaired) electrons. The van der Waals surface area contributed by atoms with Crippen LogP contribution in [0.5, 0.6) is 0 Å². The van der Waals surface area contributed by atoms with Gasteiger partial charge in [0, 0.05) is 19.6 Å². The molecule has 1 saturated heterocycles. The summed E-state index contributed by atoms with van der Waals surface area (Å²) in [5.74, 6) is -0.00579. The van der Waals surface area contributed by atoms with Crippen molar-refractivity contribution in [2.75, 3.05) is 19.0 Å². The largest absolute Gasteiger partial charge is 0.381 e. The zero-order chi connectivity index (χ0) is 9.73. The predicted molar refractivity (Wildman–Crippen MR) is 47.9 cm³/mol. The highest BCUT2D eigenvalue weighted by Gasteiger charge is 2.26. The number of ether oxygens (including phenoxy) is 1. The molecule has 1 rings (SSSR count). The van der Waals surface area contributed by atoms with E-state index in [4.69, 9.17) is 10.00 Å². The van der Waals surface area contributed by atoms with Gasteiger partial charge in [-0.25, -0.2) is 8.42 Å². The quantitative estimate of drug-likeness (QED) is 0.669. The van der Waals surface area contributed by atoms with Crippen molar-refractivity contribution in [1.29, 1.82) is 5.26 Å². The molecule has 0 atom stereocenters. The van der Waals surface area contributed by atoms with E-state index in [0.717, 1.165) is 0 Å². The fourth-order valence-corrected chi connectivity index (χ4v) is 3.01. The SMILES string of the molecule is N#CCCS(=O)(=O)C1CCOCC1. The van der Waals surface area contributed by atoms with E-state index in [2.05, 4.69) is 0 Å². The summed E-state index contributed by atoms with van der Waals surface area (Å²) < 4.78 is 28.1. The Morgan fingerprint density at radius 3 is 2.54 bits per heavy atom. The molecule has 0 aliphatic carbocycles. The van der Waals surface area contributed by atoms with Crippen LogP contribution in [-0.2, 0) is 14.6 Å². The van der Waals surface area contributed by atoms with Gasteiger partial charge in [0.1, 0.15) is 0 Å². The maximum atomic E-state index is 11.5. The summed E-state index contributed by atoms with van der Waals surface area (Å²) in [6, 6.07) is 1.85. The molecule has 0 spiro atoms. The molecular weight excluding hydrogens is 190 g/mol. The number of hydrogen-bond acceptors (Lipinski definition) is 4. The van der Waals surface area contributed by atoms with Gasteiger partial charge in [0.2, 0.25) is 0 Å². The highest BCUT2D eigenvalue weighted by molar-refractivity contribution is 7.92. The fraction of sp³-hybridized carbons (Fsp3) is 0.875. The van der Waals surface area contributed by atoms with Gasteiger partial charge < -0.3 is 4.74 Å². The van der Waals surface area contributed by atoms with Gasteiger partial charge in [-0.2, -0.15) is 5.26 Å². The van der Waals surface area contributed by atoms with Crippen molar-refractivity contribution in [3.63, 3.8) is 0 Å². The Hall–Kier alpha value is -0.600. The van der Waals surface area contributed by atoms with Crippen LogP contribution >= 0.6 is 0 Å². The molecule has 1 aliphatic rings. The summed E-state index contributed by atoms with van der Waals surface area (Å²) >= 11 is 0. The van der Waals surface area contributed by atoms with Crippen LogP contribution in [0.4, 0.5) is 0 Å². The molecule has 4 nitrogen and oxygen atoms in total. The van der Waals surface area contributed by atoms with Gasteiger partial charge in [0.15, 0.2) is 9.84 Å². The highest BCUT2D eigenvalue weighted by Crippen LogP contribution is 2.16. The third kappa shape index (κ3) is 2.98. The van der Waals surface area contributed by atoms with Crippen LogP contribution in [0, 0.1) is 11.3 Å². The van der Waals surface area contributed by atoms with E-state index < -0.39 is 9.84 Å². The van der Waals surface area contributed by atoms with Gasteiger partial charge in [-0.15, -0.1) is 0 Å². The molecule has 0 unspecified atom stereocenters. The van der Waals surface area contributed by atoms with Crippen LogP contribution in [0.25, 0.3) is 0 Å². The average Bonchev–Trinajstić information content (AvgIpc) is 2.16. The fourth-order valence-electron chi connectivity index (χ4n) is 1.39. The van der Waals surface area contributed by atoms with Crippen LogP contribution in [0.2, 0.25) is 0 Å². The van der Waals surface area contributed by atoms with Crippen molar-refractivity contribution in [3.05, 3.63) is 0 Å². The minimum atomic E-state index is -3.05. The van der Waals surface area contributed by atoms with Gasteiger partial charge in [0.25, 0.3) is 0 Å². The van der Waals surface area contributed by atoms with Crippen LogP contribution in [0.15, 0.2) is 0 Å². The summed E-state index contributed by atoms with van der Waals surface area (Å²) in [5.41, 5.74) is 0. The average molecular weight is 203 g/mol. The lowest BCUT2D eigenvalue weighted by Gasteiger charge is -2.21. The summed E-state index contributed by atoms with van der Waals surface area (Å²) in [6.45, 7) is 1.05. The first-order valence-electron chi connectivity index (χ1n) is 4.33. The molecule has 13 heavy (non-hydrogen) atoms. The maximum absolute atomic E-state index is 11.5. The van der Waals surface area contributed by atoms with Crippen molar-refractivity contribution in [1.82, 2.24) is 0 Å². The molecule has 1 fully saturated rings. The Morgan fingerprint density at radius 1 is 1.38 bits per heavy atom. The Morgan fingerprint density at radius 2 is 2.00 bits per heavy atom. The van der Waals surface area contributed by atoms with Crippen molar-refractivity contribution < 1.29 is 13.2 Å². The molecule has 5 heteroatoms. The second-order valence-corrected chi connectivity index (χ2v) is 5.49. The van der Waals surface area contributed by atoms with Gasteiger partial charge in [0.05, 0.1) is 17.1 Å². The number of sulfone groups is 1. The van der Waals surface area contributed by atoms with E-state index in [-0.39, 0.29) is 17.4 Å². The summed E-state index contributed by atoms with van der Waals surface area (Å²) in [6.07, 6.45) is 1.25. The summed E-state index contributed by atoms with van der Waals surface area (Å²) in [4.78, 5) is 0. The lowest BCUT2D eigenvalue weighted by atomic mass is 10.2. The van der Waals surface area contributed by atoms with E-state index in [0.29, 0.717) is 26.1 Å². The summed E-state index contributed by atoms with van der Waals surface area (Å²) in [7, 11) is -3.05. The second-order valence-electron chi connectivity index (χ2n) is 3.09. The highest BCUT2D eigenvalue weighted by atomic mass is 32.2. The van der Waals surface area contributed by atoms with Gasteiger partial charge >= 0.3 is 0 Å². The number of rotatable bonds is 3. The molecule has 0 saturated carbocycles. The molecule has 1 aliphatic heterocycles. The smallest absolute Gasteiger partial charge is 0.154 e. The van der Waals surface area contributed by atoms with Gasteiger partial charge in [-0.05, 0) is 12.8 Å². The number of hydrogen-bond donors (Lipinski definition) is 0. The first kappa shape index (κ1) is 10.5. The molecule has 0 aromatic rings. The molecule has 0 aromatic heterocycles. The molecule has 74 valence electrons. The van der Waals surface area contributed by atoms with Gasteiger partial charge in [-0.3, -0.25) is 0 Å². The van der Waals surface area contributed by atoms with E-state index in [1.807, 2.05) is 6.07 Å². The normalized spacial score (nSPS) is 19.6. The second kappa shape index (κ2) is 4.58. The van der Waals surface area contributed by atoms with Crippen LogP contribution in [0.1, 0.15) is 19.3 Å². The Kier molecular flexibility index (Phi) is 3.70. The Labute approximate surface area is 78.4 Å². The minimum absolute atomic E-state index is 0.00579. The first-order chi connectivity index (χ1) is 6.17.